The zero-order valence-electron chi connectivity index (χ0n) is 20.9. The lowest BCUT2D eigenvalue weighted by Gasteiger charge is -2.42. The highest BCUT2D eigenvalue weighted by molar-refractivity contribution is 6.00. The molecule has 1 aromatic heterocycles. The first kappa shape index (κ1) is 28.0. The van der Waals surface area contributed by atoms with Crippen molar-refractivity contribution in [3.8, 4) is 5.88 Å². The van der Waals surface area contributed by atoms with Crippen LogP contribution in [-0.2, 0) is 19.8 Å². The molecular weight excluding hydrogens is 488 g/mol. The minimum Gasteiger partial charge on any atom is -0.479 e. The summed E-state index contributed by atoms with van der Waals surface area (Å²) in [6.07, 6.45) is -1.99. The number of halogens is 2. The molecular formula is C26H31F2N3O6. The van der Waals surface area contributed by atoms with Gasteiger partial charge in [0.25, 0.3) is 0 Å². The van der Waals surface area contributed by atoms with E-state index in [-0.39, 0.29) is 37.5 Å². The zero-order valence-corrected chi connectivity index (χ0v) is 20.9. The number of carbonyl (C=O) groups is 3. The Balaban J connectivity index is 1.96. The number of aliphatic hydroxyl groups is 1. The Kier molecular flexibility index (Phi) is 8.80. The van der Waals surface area contributed by atoms with E-state index >= 15 is 0 Å². The minimum atomic E-state index is -3.13. The number of carbonyl (C=O) groups excluding carboxylic acids is 2. The van der Waals surface area contributed by atoms with Crippen LogP contribution in [0.25, 0.3) is 0 Å². The predicted molar refractivity (Wildman–Crippen MR) is 131 cm³/mol. The number of aliphatic hydroxyl groups excluding tert-OH is 1. The van der Waals surface area contributed by atoms with E-state index < -0.39 is 48.2 Å². The molecule has 0 aliphatic carbocycles. The van der Waals surface area contributed by atoms with Crippen molar-refractivity contribution in [2.45, 2.75) is 64.1 Å². The number of nitrogens with one attached hydrogen (secondary N) is 1. The van der Waals surface area contributed by atoms with Crippen LogP contribution in [0.1, 0.15) is 55.8 Å². The van der Waals surface area contributed by atoms with Crippen molar-refractivity contribution in [2.24, 2.45) is 0 Å². The van der Waals surface area contributed by atoms with E-state index in [9.17, 15) is 28.3 Å². The molecule has 1 saturated heterocycles. The molecule has 1 fully saturated rings. The van der Waals surface area contributed by atoms with E-state index in [0.29, 0.717) is 5.69 Å². The van der Waals surface area contributed by atoms with Gasteiger partial charge in [0.1, 0.15) is 5.69 Å². The molecule has 0 unspecified atom stereocenters. The molecule has 1 aliphatic rings. The summed E-state index contributed by atoms with van der Waals surface area (Å²) in [4.78, 5) is 42.9. The van der Waals surface area contributed by atoms with Gasteiger partial charge in [-0.1, -0.05) is 38.1 Å². The summed E-state index contributed by atoms with van der Waals surface area (Å²) in [7, 11) is 0. The minimum absolute atomic E-state index is 0.000361. The first-order chi connectivity index (χ1) is 17.4. The molecule has 0 spiro atoms. The number of piperidine rings is 1. The molecule has 3 N–H and O–H groups in total. The average Bonchev–Trinajstić information content (AvgIpc) is 2.85. The number of amides is 2. The highest BCUT2D eigenvalue weighted by Gasteiger charge is 2.45. The summed E-state index contributed by atoms with van der Waals surface area (Å²) < 4.78 is 30.5. The van der Waals surface area contributed by atoms with Crippen LogP contribution in [0.15, 0.2) is 36.4 Å². The fraction of sp³-hybridized carbons (Fsp3) is 0.462. The van der Waals surface area contributed by atoms with Crippen LogP contribution in [-0.4, -0.2) is 63.7 Å². The van der Waals surface area contributed by atoms with E-state index in [2.05, 4.69) is 15.0 Å². The molecule has 9 nitrogen and oxygen atoms in total. The van der Waals surface area contributed by atoms with E-state index in [1.165, 1.54) is 11.0 Å². The van der Waals surface area contributed by atoms with Gasteiger partial charge >= 0.3 is 12.6 Å². The monoisotopic (exact) mass is 519 g/mol. The average molecular weight is 520 g/mol. The fourth-order valence-corrected chi connectivity index (χ4v) is 4.62. The Hall–Kier alpha value is -3.60. The number of aliphatic carboxylic acids is 1. The van der Waals surface area contributed by atoms with Gasteiger partial charge in [0, 0.05) is 18.8 Å². The van der Waals surface area contributed by atoms with Crippen LogP contribution < -0.4 is 10.1 Å². The molecule has 2 amide bonds. The van der Waals surface area contributed by atoms with Crippen molar-refractivity contribution >= 4 is 23.5 Å². The molecule has 11 heteroatoms. The second-order valence-electron chi connectivity index (χ2n) is 9.40. The van der Waals surface area contributed by atoms with Crippen LogP contribution in [0.3, 0.4) is 0 Å². The Bertz CT molecular complexity index is 1150. The lowest BCUT2D eigenvalue weighted by Crippen LogP contribution is -2.52. The lowest BCUT2D eigenvalue weighted by molar-refractivity contribution is -0.151. The van der Waals surface area contributed by atoms with Gasteiger partial charge in [-0.3, -0.25) is 9.59 Å². The molecule has 1 atom stereocenters. The maximum atomic E-state index is 13.9. The third-order valence-electron chi connectivity index (χ3n) is 6.60. The summed E-state index contributed by atoms with van der Waals surface area (Å²) in [6.45, 7) is 2.74. The number of benzene rings is 1. The Labute approximate surface area is 213 Å². The van der Waals surface area contributed by atoms with E-state index in [1.807, 2.05) is 38.1 Å². The van der Waals surface area contributed by atoms with Crippen LogP contribution in [0.5, 0.6) is 5.88 Å². The second-order valence-corrected chi connectivity index (χ2v) is 9.40. The van der Waals surface area contributed by atoms with Crippen molar-refractivity contribution in [3.63, 3.8) is 0 Å². The van der Waals surface area contributed by atoms with Crippen molar-refractivity contribution in [1.29, 1.82) is 0 Å². The van der Waals surface area contributed by atoms with Crippen molar-refractivity contribution in [2.75, 3.05) is 18.4 Å². The number of rotatable bonds is 9. The zero-order chi connectivity index (χ0) is 27.3. The van der Waals surface area contributed by atoms with Gasteiger partial charge in [0.05, 0.1) is 11.8 Å². The Morgan fingerprint density at radius 3 is 2.38 bits per heavy atom. The highest BCUT2D eigenvalue weighted by atomic mass is 19.3. The number of carboxylic acid groups (broad SMARTS) is 1. The summed E-state index contributed by atoms with van der Waals surface area (Å²) in [5, 5.41) is 21.2. The maximum Gasteiger partial charge on any atom is 0.388 e. The number of ether oxygens (including phenoxy) is 1. The van der Waals surface area contributed by atoms with Crippen LogP contribution in [0, 0.1) is 6.92 Å². The topological polar surface area (TPSA) is 129 Å². The maximum absolute atomic E-state index is 13.9. The Morgan fingerprint density at radius 2 is 1.78 bits per heavy atom. The van der Waals surface area contributed by atoms with Crippen LogP contribution >= 0.6 is 0 Å². The molecule has 200 valence electrons. The van der Waals surface area contributed by atoms with Crippen LogP contribution in [0.4, 0.5) is 14.5 Å². The van der Waals surface area contributed by atoms with Gasteiger partial charge in [-0.15, -0.1) is 0 Å². The van der Waals surface area contributed by atoms with Gasteiger partial charge in [0.15, 0.2) is 6.10 Å². The van der Waals surface area contributed by atoms with Crippen molar-refractivity contribution in [1.82, 2.24) is 9.88 Å². The fourth-order valence-electron chi connectivity index (χ4n) is 4.62. The third kappa shape index (κ3) is 6.40. The lowest BCUT2D eigenvalue weighted by atomic mass is 9.69. The number of alkyl halides is 2. The van der Waals surface area contributed by atoms with Crippen molar-refractivity contribution < 1.29 is 38.1 Å². The molecule has 3 rings (SSSR count). The van der Waals surface area contributed by atoms with Crippen molar-refractivity contribution in [3.05, 3.63) is 53.2 Å². The molecule has 0 radical (unpaired) electrons. The molecule has 2 heterocycles. The van der Waals surface area contributed by atoms with Gasteiger partial charge in [-0.2, -0.15) is 8.78 Å². The number of hydrogen-bond donors (Lipinski definition) is 3. The SMILES string of the molecule is Cc1ccc(NC(=O)C2(c3ccccc3C(C)C)CCN(C(=O)C[C@H](O)C(=O)O)CC2)c(OC(F)F)n1. The van der Waals surface area contributed by atoms with Crippen LogP contribution in [0.2, 0.25) is 0 Å². The number of hydrogen-bond acceptors (Lipinski definition) is 6. The number of anilines is 1. The van der Waals surface area contributed by atoms with Gasteiger partial charge in [-0.25, -0.2) is 9.78 Å². The molecule has 0 saturated carbocycles. The number of likely N-dealkylation sites (tertiary alicyclic amines) is 1. The first-order valence-corrected chi connectivity index (χ1v) is 12.0. The van der Waals surface area contributed by atoms with Gasteiger partial charge < -0.3 is 25.2 Å². The number of pyridine rings is 1. The van der Waals surface area contributed by atoms with E-state index in [4.69, 9.17) is 5.11 Å². The molecule has 2 aromatic rings. The predicted octanol–water partition coefficient (Wildman–Crippen LogP) is 3.45. The smallest absolute Gasteiger partial charge is 0.388 e. The summed E-state index contributed by atoms with van der Waals surface area (Å²) in [6, 6.07) is 10.5. The molecule has 37 heavy (non-hydrogen) atoms. The number of nitrogens with zero attached hydrogens (tertiary/aromatic N) is 2. The quantitative estimate of drug-likeness (QED) is 0.463. The normalized spacial score (nSPS) is 15.9. The molecule has 1 aliphatic heterocycles. The third-order valence-corrected chi connectivity index (χ3v) is 6.60. The highest BCUT2D eigenvalue weighted by Crippen LogP contribution is 2.41. The summed E-state index contributed by atoms with van der Waals surface area (Å²) >= 11 is 0. The first-order valence-electron chi connectivity index (χ1n) is 12.0. The second kappa shape index (κ2) is 11.6. The summed E-state index contributed by atoms with van der Waals surface area (Å²) in [5.41, 5.74) is 1.02. The Morgan fingerprint density at radius 1 is 1.14 bits per heavy atom. The summed E-state index contributed by atoms with van der Waals surface area (Å²) in [5.74, 6) is -2.80. The largest absolute Gasteiger partial charge is 0.479 e. The molecule has 0 bridgehead atoms. The van der Waals surface area contributed by atoms with Gasteiger partial charge in [0.2, 0.25) is 17.7 Å². The standard InChI is InChI=1S/C26H31F2N3O6/c1-15(2)17-6-4-5-7-18(17)26(10-12-31(13-11-26)21(33)14-20(32)23(34)35)24(36)30-19-9-8-16(3)29-22(19)37-25(27)28/h4-9,15,20,25,32H,10-14H2,1-3H3,(H,30,36)(H,34,35)/t20-/m0/s1. The van der Waals surface area contributed by atoms with E-state index in [1.54, 1.807) is 13.0 Å². The number of carboxylic acids is 1. The molecule has 1 aromatic carbocycles. The number of aromatic nitrogens is 1. The van der Waals surface area contributed by atoms with E-state index in [0.717, 1.165) is 11.1 Å². The van der Waals surface area contributed by atoms with Gasteiger partial charge in [-0.05, 0) is 48.9 Å². The number of aryl methyl sites for hydroxylation is 1.